The van der Waals surface area contributed by atoms with Gasteiger partial charge in [-0.15, -0.1) is 0 Å². The zero-order chi connectivity index (χ0) is 27.0. The van der Waals surface area contributed by atoms with E-state index in [-0.39, 0.29) is 0 Å². The molecule has 0 radical (unpaired) electrons. The van der Waals surface area contributed by atoms with E-state index >= 15 is 0 Å². The zero-order valence-electron chi connectivity index (χ0n) is 17.9. The van der Waals surface area contributed by atoms with Gasteiger partial charge in [-0.3, -0.25) is 23.4 Å². The lowest BCUT2D eigenvalue weighted by Crippen LogP contribution is -2.58. The Morgan fingerprint density at radius 1 is 0.917 bits per heavy atom. The number of nitrogens with zero attached hydrogens (tertiary/aromatic N) is 1. The number of aliphatic hydroxyl groups is 6. The Balaban J connectivity index is 1.61. The Morgan fingerprint density at radius 2 is 1.56 bits per heavy atom. The number of aromatic nitrogens is 2. The van der Waals surface area contributed by atoms with Crippen molar-refractivity contribution in [2.45, 2.75) is 55.2 Å². The standard InChI is InChI=1S/C15H24N2O17P2/c18-3-5-8(20)10(22)12(24)14(32-5)33-36(28,29)34-35(26,27)30-4-6-9(21)11(23)13(31-6)17-2-1-7(19)16-15(17)25/h1-2,5-6,8-14,18,20-24H,3-4H2,(H,26,27)(H,28,29)(H,16,19,25)/t5-,6-,8-,9-,10+,11-,12+,13-,14-/m1/s1. The van der Waals surface area contributed by atoms with E-state index in [1.54, 1.807) is 0 Å². The Labute approximate surface area is 199 Å². The molecule has 36 heavy (non-hydrogen) atoms. The van der Waals surface area contributed by atoms with Crippen molar-refractivity contribution in [3.8, 4) is 0 Å². The molecule has 3 heterocycles. The monoisotopic (exact) mass is 566 g/mol. The van der Waals surface area contributed by atoms with Gasteiger partial charge in [0.05, 0.1) is 13.2 Å². The Kier molecular flexibility index (Phi) is 9.05. The van der Waals surface area contributed by atoms with E-state index in [0.717, 1.165) is 16.8 Å². The van der Waals surface area contributed by atoms with E-state index in [2.05, 4.69) is 13.4 Å². The molecule has 0 bridgehead atoms. The molecule has 11 atom stereocenters. The van der Waals surface area contributed by atoms with Gasteiger partial charge in [0.25, 0.3) is 5.56 Å². The number of rotatable bonds is 9. The molecular weight excluding hydrogens is 542 g/mol. The summed E-state index contributed by atoms with van der Waals surface area (Å²) >= 11 is 0. The highest BCUT2D eigenvalue weighted by molar-refractivity contribution is 7.61. The lowest BCUT2D eigenvalue weighted by molar-refractivity contribution is -0.280. The first kappa shape index (κ1) is 29.2. The molecule has 0 spiro atoms. The summed E-state index contributed by atoms with van der Waals surface area (Å²) in [4.78, 5) is 44.5. The highest BCUT2D eigenvalue weighted by Gasteiger charge is 2.49. The molecule has 19 nitrogen and oxygen atoms in total. The zero-order valence-corrected chi connectivity index (χ0v) is 19.6. The number of aliphatic hydroxyl groups excluding tert-OH is 6. The van der Waals surface area contributed by atoms with Gasteiger partial charge in [-0.2, -0.15) is 4.31 Å². The van der Waals surface area contributed by atoms with E-state index in [4.69, 9.17) is 14.6 Å². The van der Waals surface area contributed by atoms with Crippen molar-refractivity contribution in [1.82, 2.24) is 9.55 Å². The maximum Gasteiger partial charge on any atom is 0.483 e. The molecule has 1 aromatic rings. The van der Waals surface area contributed by atoms with Crippen LogP contribution < -0.4 is 11.2 Å². The van der Waals surface area contributed by atoms with E-state index in [1.165, 1.54) is 0 Å². The van der Waals surface area contributed by atoms with Gasteiger partial charge < -0.3 is 49.9 Å². The third-order valence-corrected chi connectivity index (χ3v) is 7.76. The Bertz CT molecular complexity index is 1120. The average Bonchev–Trinajstić information content (AvgIpc) is 3.06. The second-order valence-electron chi connectivity index (χ2n) is 7.68. The molecule has 2 fully saturated rings. The smallest absolute Gasteiger partial charge is 0.394 e. The van der Waals surface area contributed by atoms with Crippen LogP contribution in [0.5, 0.6) is 0 Å². The minimum Gasteiger partial charge on any atom is -0.394 e. The fraction of sp³-hybridized carbons (Fsp3) is 0.733. The van der Waals surface area contributed by atoms with Crippen LogP contribution in [0.15, 0.2) is 21.9 Å². The Morgan fingerprint density at radius 3 is 2.17 bits per heavy atom. The predicted molar refractivity (Wildman–Crippen MR) is 109 cm³/mol. The molecule has 206 valence electrons. The third kappa shape index (κ3) is 6.54. The summed E-state index contributed by atoms with van der Waals surface area (Å²) in [6.45, 7) is -1.93. The van der Waals surface area contributed by atoms with Gasteiger partial charge >= 0.3 is 21.3 Å². The van der Waals surface area contributed by atoms with Crippen LogP contribution in [0.4, 0.5) is 0 Å². The summed E-state index contributed by atoms with van der Waals surface area (Å²) in [5, 5.41) is 58.6. The van der Waals surface area contributed by atoms with Crippen LogP contribution in [0.3, 0.4) is 0 Å². The first-order valence-electron chi connectivity index (χ1n) is 9.99. The van der Waals surface area contributed by atoms with Crippen LogP contribution >= 0.6 is 15.6 Å². The van der Waals surface area contributed by atoms with Gasteiger partial charge in [0, 0.05) is 12.3 Å². The number of hydrogen-bond acceptors (Lipinski definition) is 15. The van der Waals surface area contributed by atoms with Gasteiger partial charge in [0.1, 0.15) is 42.7 Å². The molecule has 21 heteroatoms. The first-order valence-corrected chi connectivity index (χ1v) is 13.0. The number of phosphoric ester groups is 2. The van der Waals surface area contributed by atoms with Crippen LogP contribution in [0, 0.1) is 0 Å². The molecule has 0 aromatic carbocycles. The first-order chi connectivity index (χ1) is 16.7. The van der Waals surface area contributed by atoms with E-state index in [1.807, 2.05) is 4.98 Å². The van der Waals surface area contributed by atoms with Crippen molar-refractivity contribution >= 4 is 15.6 Å². The maximum absolute atomic E-state index is 12.2. The van der Waals surface area contributed by atoms with Crippen molar-refractivity contribution in [1.29, 1.82) is 0 Å². The van der Waals surface area contributed by atoms with Crippen LogP contribution in [0.1, 0.15) is 6.23 Å². The fourth-order valence-corrected chi connectivity index (χ4v) is 5.51. The molecule has 2 aliphatic heterocycles. The van der Waals surface area contributed by atoms with Gasteiger partial charge in [-0.25, -0.2) is 13.9 Å². The molecule has 1 aromatic heterocycles. The summed E-state index contributed by atoms with van der Waals surface area (Å²) in [6, 6.07) is 0.928. The number of nitrogens with one attached hydrogen (secondary N) is 1. The summed E-state index contributed by atoms with van der Waals surface area (Å²) < 4.78 is 48.1. The lowest BCUT2D eigenvalue weighted by Gasteiger charge is -2.39. The van der Waals surface area contributed by atoms with Crippen molar-refractivity contribution in [2.24, 2.45) is 0 Å². The van der Waals surface area contributed by atoms with Crippen LogP contribution in [0.2, 0.25) is 0 Å². The second kappa shape index (κ2) is 11.2. The second-order valence-corrected chi connectivity index (χ2v) is 10.7. The summed E-state index contributed by atoms with van der Waals surface area (Å²) in [5.41, 5.74) is -1.75. The summed E-state index contributed by atoms with van der Waals surface area (Å²) in [5.74, 6) is 0. The van der Waals surface area contributed by atoms with Gasteiger partial charge in [-0.1, -0.05) is 0 Å². The largest absolute Gasteiger partial charge is 0.483 e. The van der Waals surface area contributed by atoms with Crippen molar-refractivity contribution in [2.75, 3.05) is 13.2 Å². The SMILES string of the molecule is O=c1ccn([C@@H]2O[C@H](COP(=O)(O)OP(=O)(O)O[C@H]3O[C@H](CO)[C@@H](O)[C@H](O)[C@@H]3O)[C@@H](O)[C@H]2O)c(=O)[nH]1. The number of phosphoric acid groups is 2. The molecule has 0 aliphatic carbocycles. The molecular formula is C15H24N2O17P2. The summed E-state index contributed by atoms with van der Waals surface area (Å²) in [6.07, 6.45) is -15.4. The topological polar surface area (TPSA) is 297 Å². The number of hydrogen-bond donors (Lipinski definition) is 9. The minimum absolute atomic E-state index is 0.723. The van der Waals surface area contributed by atoms with Gasteiger partial charge in [-0.05, 0) is 0 Å². The molecule has 2 aliphatic rings. The number of H-pyrrole nitrogens is 1. The van der Waals surface area contributed by atoms with Crippen molar-refractivity contribution in [3.05, 3.63) is 33.1 Å². The van der Waals surface area contributed by atoms with Crippen molar-refractivity contribution < 1.29 is 72.4 Å². The molecule has 0 amide bonds. The highest BCUT2D eigenvalue weighted by Crippen LogP contribution is 2.61. The minimum atomic E-state index is -5.59. The molecule has 0 saturated carbocycles. The van der Waals surface area contributed by atoms with Gasteiger partial charge in [0.2, 0.25) is 0 Å². The number of ether oxygens (including phenoxy) is 2. The molecule has 2 unspecified atom stereocenters. The van der Waals surface area contributed by atoms with Crippen LogP contribution in [-0.4, -0.2) is 112 Å². The summed E-state index contributed by atoms with van der Waals surface area (Å²) in [7, 11) is -11.1. The van der Waals surface area contributed by atoms with Gasteiger partial charge in [0.15, 0.2) is 12.5 Å². The fourth-order valence-electron chi connectivity index (χ4n) is 3.35. The van der Waals surface area contributed by atoms with Crippen LogP contribution in [-0.2, 0) is 32.0 Å². The molecule has 2 saturated heterocycles. The number of aromatic amines is 1. The van der Waals surface area contributed by atoms with E-state index in [0.29, 0.717) is 0 Å². The molecule has 3 rings (SSSR count). The van der Waals surface area contributed by atoms with Crippen LogP contribution in [0.25, 0.3) is 0 Å². The Hall–Kier alpha value is -1.38. The maximum atomic E-state index is 12.2. The normalized spacial score (nSPS) is 38.4. The highest BCUT2D eigenvalue weighted by atomic mass is 31.3. The third-order valence-electron chi connectivity index (χ3n) is 5.16. The predicted octanol–water partition coefficient (Wildman–Crippen LogP) is -4.79. The lowest BCUT2D eigenvalue weighted by atomic mass is 10.00. The molecule has 9 N–H and O–H groups in total. The quantitative estimate of drug-likeness (QED) is 0.127. The van der Waals surface area contributed by atoms with E-state index in [9.17, 15) is 54.0 Å². The van der Waals surface area contributed by atoms with Crippen molar-refractivity contribution in [3.63, 3.8) is 0 Å². The average molecular weight is 566 g/mol. The van der Waals surface area contributed by atoms with E-state index < -0.39 is 95.4 Å².